The summed E-state index contributed by atoms with van der Waals surface area (Å²) >= 11 is 0. The van der Waals surface area contributed by atoms with E-state index >= 15 is 0 Å². The first-order valence-electron chi connectivity index (χ1n) is 13.3. The van der Waals surface area contributed by atoms with E-state index < -0.39 is 6.09 Å². The minimum Gasteiger partial charge on any atom is -0.488 e. The van der Waals surface area contributed by atoms with Gasteiger partial charge in [-0.25, -0.2) is 14.5 Å². The highest BCUT2D eigenvalue weighted by atomic mass is 16.6. The lowest BCUT2D eigenvalue weighted by molar-refractivity contribution is -0.154. The standard InChI is InChI=1S/C27H37N5O6/c1-17(2)37-26(34)19-9-6-10-20(13-19)38-24-12-11-21(28-22(24)15-33)25-23(32(4)30-29-25)16-36-27(35)31(3)14-18-7-5-8-18/h11-12,15,17-20H,5-10,13-14,16H2,1-4H3. The maximum atomic E-state index is 12.5. The van der Waals surface area contributed by atoms with Crippen LogP contribution in [0.2, 0.25) is 0 Å². The first kappa shape index (κ1) is 27.5. The zero-order chi connectivity index (χ0) is 27.2. The van der Waals surface area contributed by atoms with Gasteiger partial charge in [-0.3, -0.25) is 9.59 Å². The molecule has 2 atom stereocenters. The maximum absolute atomic E-state index is 12.5. The fourth-order valence-corrected chi connectivity index (χ4v) is 4.87. The van der Waals surface area contributed by atoms with Crippen molar-refractivity contribution in [1.29, 1.82) is 0 Å². The number of pyridine rings is 1. The Kier molecular flexibility index (Phi) is 8.96. The monoisotopic (exact) mass is 527 g/mol. The van der Waals surface area contributed by atoms with Gasteiger partial charge in [0.2, 0.25) is 0 Å². The van der Waals surface area contributed by atoms with Gasteiger partial charge in [0.25, 0.3) is 0 Å². The van der Waals surface area contributed by atoms with Crippen molar-refractivity contribution in [3.05, 3.63) is 23.5 Å². The second-order valence-electron chi connectivity index (χ2n) is 10.5. The van der Waals surface area contributed by atoms with Gasteiger partial charge in [0.1, 0.15) is 29.4 Å². The minimum absolute atomic E-state index is 0.0288. The van der Waals surface area contributed by atoms with Crippen LogP contribution >= 0.6 is 0 Å². The number of carbonyl (C=O) groups is 3. The summed E-state index contributed by atoms with van der Waals surface area (Å²) in [6.45, 7) is 4.32. The quantitative estimate of drug-likeness (QED) is 0.333. The molecular weight excluding hydrogens is 490 g/mol. The number of aldehydes is 1. The van der Waals surface area contributed by atoms with Crippen LogP contribution in [-0.2, 0) is 27.9 Å². The summed E-state index contributed by atoms with van der Waals surface area (Å²) < 4.78 is 18.5. The van der Waals surface area contributed by atoms with Crippen LogP contribution in [0.4, 0.5) is 4.79 Å². The third-order valence-electron chi connectivity index (χ3n) is 7.19. The molecule has 2 heterocycles. The number of ether oxygens (including phenoxy) is 3. The van der Waals surface area contributed by atoms with Gasteiger partial charge in [-0.1, -0.05) is 11.6 Å². The van der Waals surface area contributed by atoms with Crippen molar-refractivity contribution >= 4 is 18.3 Å². The molecule has 0 aliphatic heterocycles. The second kappa shape index (κ2) is 12.4. The molecule has 0 radical (unpaired) electrons. The number of carbonyl (C=O) groups excluding carboxylic acids is 3. The van der Waals surface area contributed by atoms with E-state index in [9.17, 15) is 14.4 Å². The molecule has 1 amide bonds. The van der Waals surface area contributed by atoms with Gasteiger partial charge in [0.15, 0.2) is 6.29 Å². The number of amides is 1. The molecule has 2 unspecified atom stereocenters. The zero-order valence-electron chi connectivity index (χ0n) is 22.6. The van der Waals surface area contributed by atoms with E-state index in [2.05, 4.69) is 15.3 Å². The average Bonchev–Trinajstić information content (AvgIpc) is 3.24. The van der Waals surface area contributed by atoms with Crippen molar-refractivity contribution in [1.82, 2.24) is 24.9 Å². The number of hydrogen-bond acceptors (Lipinski definition) is 9. The summed E-state index contributed by atoms with van der Waals surface area (Å²) in [7, 11) is 3.45. The Balaban J connectivity index is 1.42. The molecule has 2 aliphatic carbocycles. The summed E-state index contributed by atoms with van der Waals surface area (Å²) in [5.74, 6) is 0.464. The third-order valence-corrected chi connectivity index (χ3v) is 7.19. The van der Waals surface area contributed by atoms with Crippen molar-refractivity contribution in [2.75, 3.05) is 13.6 Å². The summed E-state index contributed by atoms with van der Waals surface area (Å²) in [5, 5.41) is 8.25. The van der Waals surface area contributed by atoms with E-state index in [4.69, 9.17) is 14.2 Å². The molecule has 2 aliphatic rings. The lowest BCUT2D eigenvalue weighted by Crippen LogP contribution is -2.34. The van der Waals surface area contributed by atoms with Gasteiger partial charge in [0.05, 0.1) is 23.8 Å². The Hall–Kier alpha value is -3.50. The van der Waals surface area contributed by atoms with Gasteiger partial charge in [-0.2, -0.15) is 0 Å². The van der Waals surface area contributed by atoms with Crippen LogP contribution in [-0.4, -0.2) is 69.0 Å². The molecule has 2 saturated carbocycles. The fourth-order valence-electron chi connectivity index (χ4n) is 4.87. The van der Waals surface area contributed by atoms with Crippen LogP contribution in [0, 0.1) is 11.8 Å². The Morgan fingerprint density at radius 1 is 1.18 bits per heavy atom. The van der Waals surface area contributed by atoms with E-state index in [1.165, 1.54) is 11.1 Å². The molecular formula is C27H37N5O6. The van der Waals surface area contributed by atoms with Crippen molar-refractivity contribution < 1.29 is 28.6 Å². The molecule has 0 bridgehead atoms. The molecule has 11 nitrogen and oxygen atoms in total. The number of rotatable bonds is 10. The van der Waals surface area contributed by atoms with Crippen molar-refractivity contribution in [2.45, 2.75) is 77.6 Å². The topological polar surface area (TPSA) is 126 Å². The molecule has 0 saturated heterocycles. The van der Waals surface area contributed by atoms with Crippen LogP contribution in [0.15, 0.2) is 12.1 Å². The summed E-state index contributed by atoms with van der Waals surface area (Å²) in [5.41, 5.74) is 1.53. The van der Waals surface area contributed by atoms with Gasteiger partial charge in [-0.15, -0.1) is 5.10 Å². The molecule has 2 fully saturated rings. The molecule has 11 heteroatoms. The van der Waals surface area contributed by atoms with Crippen LogP contribution in [0.1, 0.15) is 75.0 Å². The third kappa shape index (κ3) is 6.68. The number of hydrogen-bond donors (Lipinski definition) is 0. The number of aromatic nitrogens is 4. The van der Waals surface area contributed by atoms with Crippen molar-refractivity contribution in [2.24, 2.45) is 18.9 Å². The Labute approximate surface area is 222 Å². The normalized spacial score (nSPS) is 19.5. The molecule has 0 N–H and O–H groups in total. The molecule has 2 aromatic rings. The summed E-state index contributed by atoms with van der Waals surface area (Å²) in [6, 6.07) is 3.38. The number of aryl methyl sites for hydroxylation is 1. The molecule has 4 rings (SSSR count). The largest absolute Gasteiger partial charge is 0.488 e. The smallest absolute Gasteiger partial charge is 0.409 e. The minimum atomic E-state index is -0.405. The van der Waals surface area contributed by atoms with Crippen LogP contribution in [0.5, 0.6) is 5.75 Å². The SMILES string of the molecule is CC(C)OC(=O)C1CCCC(Oc2ccc(-c3nnn(C)c3COC(=O)N(C)CC3CCC3)nc2C=O)C1. The van der Waals surface area contributed by atoms with E-state index in [0.29, 0.717) is 48.0 Å². The predicted octanol–water partition coefficient (Wildman–Crippen LogP) is 3.95. The number of esters is 1. The van der Waals surface area contributed by atoms with Crippen molar-refractivity contribution in [3.8, 4) is 17.1 Å². The van der Waals surface area contributed by atoms with Crippen LogP contribution in [0.3, 0.4) is 0 Å². The Morgan fingerprint density at radius 2 is 1.95 bits per heavy atom. The first-order valence-corrected chi connectivity index (χ1v) is 13.3. The molecule has 38 heavy (non-hydrogen) atoms. The first-order chi connectivity index (χ1) is 18.2. The zero-order valence-corrected chi connectivity index (χ0v) is 22.6. The van der Waals surface area contributed by atoms with Gasteiger partial charge in [0, 0.05) is 20.6 Å². The van der Waals surface area contributed by atoms with Crippen molar-refractivity contribution in [3.63, 3.8) is 0 Å². The van der Waals surface area contributed by atoms with E-state index in [-0.39, 0.29) is 36.4 Å². The fraction of sp³-hybridized carbons (Fsp3) is 0.630. The van der Waals surface area contributed by atoms with Gasteiger partial charge >= 0.3 is 12.1 Å². The predicted molar refractivity (Wildman–Crippen MR) is 137 cm³/mol. The Morgan fingerprint density at radius 3 is 2.63 bits per heavy atom. The Bertz CT molecular complexity index is 1140. The maximum Gasteiger partial charge on any atom is 0.409 e. The average molecular weight is 528 g/mol. The van der Waals surface area contributed by atoms with E-state index in [0.717, 1.165) is 32.1 Å². The highest BCUT2D eigenvalue weighted by Crippen LogP contribution is 2.31. The molecule has 2 aromatic heterocycles. The highest BCUT2D eigenvalue weighted by Gasteiger charge is 2.31. The molecule has 0 spiro atoms. The van der Waals surface area contributed by atoms with E-state index in [1.54, 1.807) is 31.1 Å². The molecule has 206 valence electrons. The number of nitrogens with zero attached hydrogens (tertiary/aromatic N) is 5. The molecule has 0 aromatic carbocycles. The van der Waals surface area contributed by atoms with Crippen LogP contribution in [0.25, 0.3) is 11.4 Å². The van der Waals surface area contributed by atoms with E-state index in [1.807, 2.05) is 13.8 Å². The lowest BCUT2D eigenvalue weighted by atomic mass is 9.85. The lowest BCUT2D eigenvalue weighted by Gasteiger charge is -2.29. The summed E-state index contributed by atoms with van der Waals surface area (Å²) in [6.07, 6.45) is 6.25. The second-order valence-corrected chi connectivity index (χ2v) is 10.5. The van der Waals surface area contributed by atoms with Crippen LogP contribution < -0.4 is 4.74 Å². The van der Waals surface area contributed by atoms with Gasteiger partial charge < -0.3 is 19.1 Å². The highest BCUT2D eigenvalue weighted by molar-refractivity contribution is 5.78. The summed E-state index contributed by atoms with van der Waals surface area (Å²) in [4.78, 5) is 42.8. The van der Waals surface area contributed by atoms with Gasteiger partial charge in [-0.05, 0) is 70.4 Å².